The Bertz CT molecular complexity index is 555. The van der Waals surface area contributed by atoms with E-state index in [9.17, 15) is 4.21 Å². The van der Waals surface area contributed by atoms with Gasteiger partial charge in [-0.3, -0.25) is 4.21 Å². The van der Waals surface area contributed by atoms with Crippen LogP contribution in [0.2, 0.25) is 0 Å². The molecule has 3 rings (SSSR count). The van der Waals surface area contributed by atoms with E-state index in [4.69, 9.17) is 0 Å². The van der Waals surface area contributed by atoms with Crippen LogP contribution in [0, 0.1) is 0 Å². The van der Waals surface area contributed by atoms with Gasteiger partial charge in [-0.05, 0) is 18.9 Å². The van der Waals surface area contributed by atoms with E-state index in [2.05, 4.69) is 36.9 Å². The molecule has 1 aromatic heterocycles. The predicted molar refractivity (Wildman–Crippen MR) is 80.9 cm³/mol. The van der Waals surface area contributed by atoms with E-state index in [0.29, 0.717) is 11.2 Å². The Morgan fingerprint density at radius 3 is 2.84 bits per heavy atom. The van der Waals surface area contributed by atoms with Crippen LogP contribution in [-0.4, -0.2) is 33.0 Å². The lowest BCUT2D eigenvalue weighted by molar-refractivity contribution is 0.615. The second-order valence-corrected chi connectivity index (χ2v) is 7.34. The first-order valence-electron chi connectivity index (χ1n) is 6.48. The lowest BCUT2D eigenvalue weighted by atomic mass is 10.1. The van der Waals surface area contributed by atoms with Gasteiger partial charge in [-0.2, -0.15) is 0 Å². The summed E-state index contributed by atoms with van der Waals surface area (Å²) >= 11 is 3.60. The molecule has 0 amide bonds. The molecule has 0 saturated heterocycles. The van der Waals surface area contributed by atoms with Crippen molar-refractivity contribution in [2.24, 2.45) is 0 Å². The average Bonchev–Trinajstić information content (AvgIpc) is 2.90. The fraction of sp³-hybridized carbons (Fsp3) is 0.538. The van der Waals surface area contributed by atoms with Gasteiger partial charge in [0, 0.05) is 28.5 Å². The summed E-state index contributed by atoms with van der Waals surface area (Å²) in [7, 11) is -1.13. The van der Waals surface area contributed by atoms with E-state index >= 15 is 0 Å². The van der Waals surface area contributed by atoms with Crippen LogP contribution in [0.15, 0.2) is 15.8 Å². The lowest BCUT2D eigenvalue weighted by Gasteiger charge is -2.33. The van der Waals surface area contributed by atoms with Gasteiger partial charge in [0.25, 0.3) is 0 Å². The monoisotopic (exact) mass is 341 g/mol. The minimum Gasteiger partial charge on any atom is -0.348 e. The molecule has 0 bridgehead atoms. The van der Waals surface area contributed by atoms with Crippen LogP contribution in [0.5, 0.6) is 0 Å². The molecular formula is C13H16BrN3OS. The number of fused-ring (bicyclic) bond motifs is 1. The van der Waals surface area contributed by atoms with E-state index < -0.39 is 10.8 Å². The zero-order valence-electron chi connectivity index (χ0n) is 10.8. The highest BCUT2D eigenvalue weighted by Gasteiger charge is 2.28. The molecule has 0 radical (unpaired) electrons. The lowest BCUT2D eigenvalue weighted by Crippen LogP contribution is -2.37. The largest absolute Gasteiger partial charge is 0.348 e. The van der Waals surface area contributed by atoms with E-state index in [1.165, 1.54) is 25.7 Å². The highest BCUT2D eigenvalue weighted by Crippen LogP contribution is 2.35. The molecule has 2 heterocycles. The van der Waals surface area contributed by atoms with E-state index in [-0.39, 0.29) is 0 Å². The van der Waals surface area contributed by atoms with Gasteiger partial charge in [0.2, 0.25) is 5.16 Å². The molecule has 0 spiro atoms. The van der Waals surface area contributed by atoms with Crippen LogP contribution in [0.3, 0.4) is 0 Å². The van der Waals surface area contributed by atoms with Gasteiger partial charge in [-0.1, -0.05) is 28.8 Å². The zero-order chi connectivity index (χ0) is 13.4. The van der Waals surface area contributed by atoms with E-state index in [1.54, 1.807) is 12.5 Å². The third-order valence-electron chi connectivity index (χ3n) is 3.70. The Hall–Kier alpha value is -0.750. The third-order valence-corrected chi connectivity index (χ3v) is 4.89. The number of hydrogen-bond donors (Lipinski definition) is 0. The number of halogens is 1. The van der Waals surface area contributed by atoms with Gasteiger partial charge >= 0.3 is 0 Å². The molecule has 1 fully saturated rings. The Morgan fingerprint density at radius 2 is 2.16 bits per heavy atom. The van der Waals surface area contributed by atoms with Crippen molar-refractivity contribution in [2.45, 2.75) is 36.9 Å². The third kappa shape index (κ3) is 2.60. The molecule has 19 heavy (non-hydrogen) atoms. The van der Waals surface area contributed by atoms with Crippen molar-refractivity contribution in [3.63, 3.8) is 0 Å². The van der Waals surface area contributed by atoms with Crippen LogP contribution >= 0.6 is 15.9 Å². The fourth-order valence-corrected chi connectivity index (χ4v) is 3.74. The van der Waals surface area contributed by atoms with Gasteiger partial charge in [0.15, 0.2) is 0 Å². The molecule has 1 saturated carbocycles. The summed E-state index contributed by atoms with van der Waals surface area (Å²) in [5, 5.41) is 0.424. The minimum atomic E-state index is -1.13. The molecule has 1 unspecified atom stereocenters. The summed E-state index contributed by atoms with van der Waals surface area (Å²) in [6, 6.07) is 0.549. The maximum atomic E-state index is 11.6. The van der Waals surface area contributed by atoms with Crippen molar-refractivity contribution in [2.75, 3.05) is 17.7 Å². The summed E-state index contributed by atoms with van der Waals surface area (Å²) in [4.78, 5) is 11.0. The molecule has 4 nitrogen and oxygen atoms in total. The van der Waals surface area contributed by atoms with Crippen molar-refractivity contribution < 1.29 is 4.21 Å². The first-order chi connectivity index (χ1) is 9.15. The summed E-state index contributed by atoms with van der Waals surface area (Å²) in [6.07, 6.45) is 10.5. The average molecular weight is 342 g/mol. The van der Waals surface area contributed by atoms with Gasteiger partial charge in [-0.15, -0.1) is 0 Å². The highest BCUT2D eigenvalue weighted by atomic mass is 79.9. The molecule has 1 aliphatic carbocycles. The Morgan fingerprint density at radius 1 is 1.42 bits per heavy atom. The zero-order valence-corrected chi connectivity index (χ0v) is 13.2. The molecule has 6 heteroatoms. The Labute approximate surface area is 123 Å². The van der Waals surface area contributed by atoms with Gasteiger partial charge in [0.1, 0.15) is 5.82 Å². The number of anilines is 1. The SMILES string of the molecule is CS(=O)c1ncc2c(n1)N(C1CCCC1)CC(Br)=C2. The quantitative estimate of drug-likeness (QED) is 0.776. The Kier molecular flexibility index (Phi) is 3.71. The first kappa shape index (κ1) is 13.2. The number of aromatic nitrogens is 2. The molecule has 1 aliphatic heterocycles. The predicted octanol–water partition coefficient (Wildman–Crippen LogP) is 2.71. The molecule has 0 N–H and O–H groups in total. The van der Waals surface area contributed by atoms with Crippen LogP contribution in [0.25, 0.3) is 6.08 Å². The second-order valence-electron chi connectivity index (χ2n) is 5.04. The van der Waals surface area contributed by atoms with Crippen molar-refractivity contribution >= 4 is 38.6 Å². The summed E-state index contributed by atoms with van der Waals surface area (Å²) in [5.41, 5.74) is 1.01. The standard InChI is InChI=1S/C13H16BrN3OS/c1-19(18)13-15-7-9-6-10(14)8-17(12(9)16-13)11-4-2-3-5-11/h6-7,11H,2-5,8H2,1H3. The van der Waals surface area contributed by atoms with Gasteiger partial charge < -0.3 is 4.90 Å². The van der Waals surface area contributed by atoms with Crippen LogP contribution in [-0.2, 0) is 10.8 Å². The molecule has 2 aliphatic rings. The summed E-state index contributed by atoms with van der Waals surface area (Å²) in [5.74, 6) is 0.940. The maximum absolute atomic E-state index is 11.6. The number of rotatable bonds is 2. The van der Waals surface area contributed by atoms with Crippen LogP contribution in [0.1, 0.15) is 31.2 Å². The number of hydrogen-bond acceptors (Lipinski definition) is 4. The van der Waals surface area contributed by atoms with Crippen LogP contribution in [0.4, 0.5) is 5.82 Å². The Balaban J connectivity index is 2.03. The van der Waals surface area contributed by atoms with E-state index in [1.807, 2.05) is 0 Å². The van der Waals surface area contributed by atoms with Crippen molar-refractivity contribution in [3.05, 3.63) is 16.2 Å². The normalized spacial score (nSPS) is 21.2. The van der Waals surface area contributed by atoms with Crippen molar-refractivity contribution in [1.29, 1.82) is 0 Å². The summed E-state index contributed by atoms with van der Waals surface area (Å²) in [6.45, 7) is 0.852. The fourth-order valence-electron chi connectivity index (χ4n) is 2.81. The van der Waals surface area contributed by atoms with Crippen LogP contribution < -0.4 is 4.90 Å². The molecule has 1 aromatic rings. The van der Waals surface area contributed by atoms with Gasteiger partial charge in [0.05, 0.1) is 17.3 Å². The van der Waals surface area contributed by atoms with E-state index in [0.717, 1.165) is 22.4 Å². The van der Waals surface area contributed by atoms with Crippen molar-refractivity contribution in [3.8, 4) is 0 Å². The number of nitrogens with zero attached hydrogens (tertiary/aromatic N) is 3. The highest BCUT2D eigenvalue weighted by molar-refractivity contribution is 9.11. The molecular weight excluding hydrogens is 326 g/mol. The summed E-state index contributed by atoms with van der Waals surface area (Å²) < 4.78 is 12.7. The first-order valence-corrected chi connectivity index (χ1v) is 8.83. The molecule has 1 atom stereocenters. The molecule has 0 aromatic carbocycles. The topological polar surface area (TPSA) is 46.1 Å². The van der Waals surface area contributed by atoms with Gasteiger partial charge in [-0.25, -0.2) is 9.97 Å². The van der Waals surface area contributed by atoms with Crippen molar-refractivity contribution in [1.82, 2.24) is 9.97 Å². The molecule has 102 valence electrons. The minimum absolute atomic E-state index is 0.424. The smallest absolute Gasteiger partial charge is 0.220 e. The maximum Gasteiger partial charge on any atom is 0.220 e. The second kappa shape index (κ2) is 5.32.